The molecule has 206 valence electrons. The Kier molecular flexibility index (Phi) is 12.9. The normalized spacial score (nSPS) is 23.7. The number of benzene rings is 1. The van der Waals surface area contributed by atoms with E-state index in [1.165, 1.54) is 57.8 Å². The maximum Gasteiger partial charge on any atom is 0.282 e. The molecule has 37 heavy (non-hydrogen) atoms. The highest BCUT2D eigenvalue weighted by atomic mass is 16.4. The summed E-state index contributed by atoms with van der Waals surface area (Å²) in [5, 5.41) is 0. The molecule has 2 aliphatic heterocycles. The second-order valence-electron chi connectivity index (χ2n) is 9.85. The van der Waals surface area contributed by atoms with Gasteiger partial charge in [0.15, 0.2) is 5.69 Å². The zero-order valence-corrected chi connectivity index (χ0v) is 23.2. The summed E-state index contributed by atoms with van der Waals surface area (Å²) in [7, 11) is 3.25. The second kappa shape index (κ2) is 15.6. The molecule has 0 spiro atoms. The molecular formula is C29H46N4O4. The molecule has 5 rings (SSSR count). The highest BCUT2D eigenvalue weighted by Crippen LogP contribution is 2.44. The van der Waals surface area contributed by atoms with Crippen molar-refractivity contribution in [2.75, 3.05) is 14.2 Å². The van der Waals surface area contributed by atoms with E-state index in [0.29, 0.717) is 23.6 Å². The fourth-order valence-corrected chi connectivity index (χ4v) is 6.40. The molecule has 8 nitrogen and oxygen atoms in total. The fraction of sp³-hybridized carbons (Fsp3) is 0.655. The SMILES string of the molecule is C=O.CC.COC.NC(=O)c1nc2ccccc2n(C2CC3CCC(C2)N3C2CCCCCCC2)c1=O. The van der Waals surface area contributed by atoms with Crippen molar-refractivity contribution < 1.29 is 14.3 Å². The van der Waals surface area contributed by atoms with Crippen LogP contribution in [-0.4, -0.2) is 59.5 Å². The van der Waals surface area contributed by atoms with Gasteiger partial charge in [-0.1, -0.05) is 58.1 Å². The first-order valence-electron chi connectivity index (χ1n) is 13.8. The van der Waals surface area contributed by atoms with E-state index in [-0.39, 0.29) is 17.3 Å². The Hall–Kier alpha value is -2.58. The number of carbonyl (C=O) groups excluding carboxylic acids is 2. The number of carbonyl (C=O) groups is 2. The number of nitrogens with two attached hydrogens (primary N) is 1. The van der Waals surface area contributed by atoms with Crippen LogP contribution in [0.15, 0.2) is 29.1 Å². The minimum absolute atomic E-state index is 0.103. The molecule has 3 fully saturated rings. The summed E-state index contributed by atoms with van der Waals surface area (Å²) >= 11 is 0. The van der Waals surface area contributed by atoms with Gasteiger partial charge in [0.1, 0.15) is 6.79 Å². The van der Waals surface area contributed by atoms with Crippen molar-refractivity contribution in [2.45, 2.75) is 109 Å². The molecule has 2 N–H and O–H groups in total. The van der Waals surface area contributed by atoms with Crippen molar-refractivity contribution in [1.82, 2.24) is 14.5 Å². The lowest BCUT2D eigenvalue weighted by Crippen LogP contribution is -2.50. The van der Waals surface area contributed by atoms with Gasteiger partial charge in [0.05, 0.1) is 11.0 Å². The summed E-state index contributed by atoms with van der Waals surface area (Å²) in [6, 6.07) is 9.50. The van der Waals surface area contributed by atoms with Gasteiger partial charge in [-0.2, -0.15) is 0 Å². The lowest BCUT2D eigenvalue weighted by atomic mass is 9.89. The zero-order chi connectivity index (χ0) is 27.4. The molecule has 1 saturated carbocycles. The molecule has 1 aromatic heterocycles. The molecule has 2 atom stereocenters. The first kappa shape index (κ1) is 30.6. The quantitative estimate of drug-likeness (QED) is 0.625. The number of methoxy groups -OCH3 is 1. The highest BCUT2D eigenvalue weighted by molar-refractivity contribution is 5.92. The zero-order valence-electron chi connectivity index (χ0n) is 23.2. The van der Waals surface area contributed by atoms with E-state index >= 15 is 0 Å². The number of amides is 1. The van der Waals surface area contributed by atoms with Crippen LogP contribution in [0.2, 0.25) is 0 Å². The number of hydrogen-bond donors (Lipinski definition) is 1. The lowest BCUT2D eigenvalue weighted by molar-refractivity contribution is -0.0980. The lowest BCUT2D eigenvalue weighted by Gasteiger charge is -2.45. The highest BCUT2D eigenvalue weighted by Gasteiger charge is 2.44. The number of para-hydroxylation sites is 2. The van der Waals surface area contributed by atoms with Gasteiger partial charge < -0.3 is 19.8 Å². The van der Waals surface area contributed by atoms with Crippen LogP contribution in [0.4, 0.5) is 0 Å². The number of ether oxygens (including phenoxy) is 1. The van der Waals surface area contributed by atoms with Crippen LogP contribution in [0.3, 0.4) is 0 Å². The largest absolute Gasteiger partial charge is 0.388 e. The Balaban J connectivity index is 0.000000630. The van der Waals surface area contributed by atoms with E-state index in [1.54, 1.807) is 14.2 Å². The average Bonchev–Trinajstić information content (AvgIpc) is 3.15. The van der Waals surface area contributed by atoms with Crippen LogP contribution in [0, 0.1) is 0 Å². The van der Waals surface area contributed by atoms with E-state index in [4.69, 9.17) is 10.5 Å². The van der Waals surface area contributed by atoms with Crippen LogP contribution in [0.25, 0.3) is 11.0 Å². The van der Waals surface area contributed by atoms with Crippen LogP contribution < -0.4 is 11.3 Å². The first-order valence-corrected chi connectivity index (χ1v) is 13.8. The Morgan fingerprint density at radius 2 is 1.41 bits per heavy atom. The maximum atomic E-state index is 13.2. The topological polar surface area (TPSA) is 108 Å². The summed E-state index contributed by atoms with van der Waals surface area (Å²) in [5.74, 6) is -0.741. The first-order chi connectivity index (χ1) is 18.0. The molecule has 2 bridgehead atoms. The fourth-order valence-electron chi connectivity index (χ4n) is 6.40. The number of aromatic nitrogens is 2. The van der Waals surface area contributed by atoms with Gasteiger partial charge in [-0.3, -0.25) is 14.5 Å². The molecule has 2 aromatic rings. The predicted molar refractivity (Wildman–Crippen MR) is 149 cm³/mol. The Morgan fingerprint density at radius 3 is 1.95 bits per heavy atom. The van der Waals surface area contributed by atoms with Crippen molar-refractivity contribution >= 4 is 23.7 Å². The molecule has 2 saturated heterocycles. The van der Waals surface area contributed by atoms with Crippen LogP contribution in [0.1, 0.15) is 101 Å². The number of piperidine rings is 1. The minimum Gasteiger partial charge on any atom is -0.388 e. The van der Waals surface area contributed by atoms with Gasteiger partial charge in [-0.05, 0) is 50.7 Å². The number of hydrogen-bond acceptors (Lipinski definition) is 6. The third-order valence-corrected chi connectivity index (χ3v) is 7.65. The molecule has 2 unspecified atom stereocenters. The second-order valence-corrected chi connectivity index (χ2v) is 9.85. The molecule has 8 heteroatoms. The summed E-state index contributed by atoms with van der Waals surface area (Å²) in [6.45, 7) is 6.00. The van der Waals surface area contributed by atoms with Crippen molar-refractivity contribution in [2.24, 2.45) is 5.73 Å². The average molecular weight is 515 g/mol. The Bertz CT molecular complexity index is 1020. The van der Waals surface area contributed by atoms with Gasteiger partial charge >= 0.3 is 0 Å². The summed E-state index contributed by atoms with van der Waals surface area (Å²) < 4.78 is 6.09. The van der Waals surface area contributed by atoms with E-state index in [2.05, 4.69) is 14.6 Å². The molecule has 0 radical (unpaired) electrons. The van der Waals surface area contributed by atoms with Crippen molar-refractivity contribution in [1.29, 1.82) is 0 Å². The van der Waals surface area contributed by atoms with Crippen molar-refractivity contribution in [3.05, 3.63) is 40.3 Å². The predicted octanol–water partition coefficient (Wildman–Crippen LogP) is 4.88. The molecule has 3 heterocycles. The Labute approximate surface area is 221 Å². The number of fused-ring (bicyclic) bond motifs is 3. The van der Waals surface area contributed by atoms with Gasteiger partial charge in [0.25, 0.3) is 11.5 Å². The van der Waals surface area contributed by atoms with E-state index < -0.39 is 5.91 Å². The summed E-state index contributed by atoms with van der Waals surface area (Å²) in [5.41, 5.74) is 6.51. The third-order valence-electron chi connectivity index (χ3n) is 7.65. The molecule has 1 amide bonds. The number of rotatable bonds is 3. The van der Waals surface area contributed by atoms with Crippen molar-refractivity contribution in [3.8, 4) is 0 Å². The maximum absolute atomic E-state index is 13.2. The third kappa shape index (κ3) is 7.26. The van der Waals surface area contributed by atoms with Crippen LogP contribution in [0.5, 0.6) is 0 Å². The van der Waals surface area contributed by atoms with Gasteiger partial charge in [0.2, 0.25) is 0 Å². The smallest absolute Gasteiger partial charge is 0.282 e. The van der Waals surface area contributed by atoms with Gasteiger partial charge in [-0.25, -0.2) is 4.98 Å². The minimum atomic E-state index is -0.741. The van der Waals surface area contributed by atoms with E-state index in [0.717, 1.165) is 18.4 Å². The Morgan fingerprint density at radius 1 is 0.892 bits per heavy atom. The molecule has 1 aliphatic carbocycles. The van der Waals surface area contributed by atoms with Gasteiger partial charge in [0, 0.05) is 38.4 Å². The van der Waals surface area contributed by atoms with Crippen molar-refractivity contribution in [3.63, 3.8) is 0 Å². The number of nitrogens with zero attached hydrogens (tertiary/aromatic N) is 3. The summed E-state index contributed by atoms with van der Waals surface area (Å²) in [4.78, 5) is 40.2. The molecule has 3 aliphatic rings. The monoisotopic (exact) mass is 514 g/mol. The van der Waals surface area contributed by atoms with E-state index in [9.17, 15) is 9.59 Å². The van der Waals surface area contributed by atoms with Gasteiger partial charge in [-0.15, -0.1) is 0 Å². The summed E-state index contributed by atoms with van der Waals surface area (Å²) in [6.07, 6.45) is 13.9. The van der Waals surface area contributed by atoms with Crippen LogP contribution >= 0.6 is 0 Å². The molecular weight excluding hydrogens is 468 g/mol. The van der Waals surface area contributed by atoms with E-state index in [1.807, 2.05) is 49.5 Å². The standard InChI is InChI=1S/C24H32N4O2.C2H6O.C2H6.CH2O/c25-23(29)22-24(30)28(21-11-7-6-10-20(21)26-22)19-14-17-12-13-18(15-19)27(17)16-8-4-2-1-3-5-9-16;1-3-2;2*1-2/h6-7,10-11,16-19H,1-5,8-9,12-15H2,(H2,25,29);1-2H3;1-2H3;1H2. The van der Waals surface area contributed by atoms with Crippen LogP contribution in [-0.2, 0) is 9.53 Å². The molecule has 1 aromatic carbocycles. The number of primary amides is 1.